The third kappa shape index (κ3) is 4.78. The van der Waals surface area contributed by atoms with Crippen molar-refractivity contribution in [2.45, 2.75) is 25.3 Å². The van der Waals surface area contributed by atoms with Crippen molar-refractivity contribution < 1.29 is 9.59 Å². The van der Waals surface area contributed by atoms with E-state index in [1.54, 1.807) is 12.4 Å². The van der Waals surface area contributed by atoms with Crippen molar-refractivity contribution in [2.75, 3.05) is 44.2 Å². The number of carbonyl (C=O) groups excluding carboxylic acids is 2. The van der Waals surface area contributed by atoms with Crippen molar-refractivity contribution in [3.8, 4) is 0 Å². The molecular formula is C26H33N6O2. The molecule has 3 fully saturated rings. The van der Waals surface area contributed by atoms with Gasteiger partial charge in [-0.1, -0.05) is 30.3 Å². The fourth-order valence-electron chi connectivity index (χ4n) is 5.96. The van der Waals surface area contributed by atoms with Crippen LogP contribution in [-0.2, 0) is 9.59 Å². The molecule has 8 nitrogen and oxygen atoms in total. The monoisotopic (exact) mass is 461 g/mol. The Bertz CT molecular complexity index is 979. The summed E-state index contributed by atoms with van der Waals surface area (Å²) < 4.78 is 0. The highest BCUT2D eigenvalue weighted by Crippen LogP contribution is 2.37. The van der Waals surface area contributed by atoms with Gasteiger partial charge in [-0.15, -0.1) is 0 Å². The Balaban J connectivity index is 1.14. The topological polar surface area (TPSA) is 95.7 Å². The van der Waals surface area contributed by atoms with E-state index in [-0.39, 0.29) is 29.7 Å². The summed E-state index contributed by atoms with van der Waals surface area (Å²) in [6.07, 6.45) is 8.20. The quantitative estimate of drug-likeness (QED) is 0.673. The van der Waals surface area contributed by atoms with Gasteiger partial charge in [-0.05, 0) is 49.8 Å². The Labute approximate surface area is 201 Å². The number of aromatic nitrogens is 2. The number of nitrogens with zero attached hydrogens (tertiary/aromatic N) is 5. The molecule has 2 N–H and O–H groups in total. The van der Waals surface area contributed by atoms with Crippen molar-refractivity contribution in [3.05, 3.63) is 60.8 Å². The normalized spacial score (nSPS) is 25.5. The smallest absolute Gasteiger partial charge is 0.235 e. The molecular weight excluding hydrogens is 428 g/mol. The lowest BCUT2D eigenvalue weighted by Crippen LogP contribution is -2.47. The molecule has 8 heteroatoms. The Hall–Kier alpha value is -3.00. The zero-order valence-corrected chi connectivity index (χ0v) is 19.5. The highest BCUT2D eigenvalue weighted by Gasteiger charge is 2.50. The lowest BCUT2D eigenvalue weighted by atomic mass is 9.93. The molecule has 5 rings (SSSR count). The van der Waals surface area contributed by atoms with Gasteiger partial charge in [-0.25, -0.2) is 9.97 Å². The third-order valence-electron chi connectivity index (χ3n) is 7.64. The summed E-state index contributed by atoms with van der Waals surface area (Å²) in [5, 5.41) is 0. The molecule has 2 unspecified atom stereocenters. The van der Waals surface area contributed by atoms with Gasteiger partial charge in [0, 0.05) is 57.0 Å². The maximum Gasteiger partial charge on any atom is 0.235 e. The number of piperidine rings is 1. The summed E-state index contributed by atoms with van der Waals surface area (Å²) in [6, 6.07) is 11.8. The number of nitrogens with two attached hydrogens (primary N) is 1. The fourth-order valence-corrected chi connectivity index (χ4v) is 5.96. The second-order valence-corrected chi connectivity index (χ2v) is 9.72. The van der Waals surface area contributed by atoms with Gasteiger partial charge in [-0.2, -0.15) is 0 Å². The van der Waals surface area contributed by atoms with E-state index in [9.17, 15) is 9.59 Å². The maximum absolute atomic E-state index is 13.3. The molecule has 4 heterocycles. The highest BCUT2D eigenvalue weighted by atomic mass is 16.2. The first-order chi connectivity index (χ1) is 16.6. The fraction of sp³-hybridized carbons (Fsp3) is 0.500. The molecule has 2 amide bonds. The van der Waals surface area contributed by atoms with Crippen LogP contribution in [0.25, 0.3) is 0 Å². The first kappa shape index (κ1) is 22.8. The van der Waals surface area contributed by atoms with E-state index in [0.29, 0.717) is 12.5 Å². The molecule has 1 aromatic heterocycles. The summed E-state index contributed by atoms with van der Waals surface area (Å²) in [5.41, 5.74) is 7.04. The van der Waals surface area contributed by atoms with Crippen LogP contribution in [0, 0.1) is 24.2 Å². The van der Waals surface area contributed by atoms with Crippen molar-refractivity contribution in [2.24, 2.45) is 23.5 Å². The molecule has 0 saturated carbocycles. The predicted octanol–water partition coefficient (Wildman–Crippen LogP) is 1.58. The van der Waals surface area contributed by atoms with Gasteiger partial charge in [0.15, 0.2) is 0 Å². The number of hydrogen-bond donors (Lipinski definition) is 1. The van der Waals surface area contributed by atoms with Crippen molar-refractivity contribution in [1.82, 2.24) is 19.8 Å². The van der Waals surface area contributed by atoms with E-state index in [0.717, 1.165) is 57.9 Å². The molecule has 0 spiro atoms. The SMILES string of the molecule is NC(=O)C1[C@@H]2CN(C(=O)C3CCN(c4ncccn4)CC3)CC2CN1CC[CH]c1ccccc1. The van der Waals surface area contributed by atoms with Gasteiger partial charge in [-0.3, -0.25) is 14.5 Å². The van der Waals surface area contributed by atoms with Crippen LogP contribution in [0.5, 0.6) is 0 Å². The first-order valence-electron chi connectivity index (χ1n) is 12.3. The van der Waals surface area contributed by atoms with E-state index in [1.165, 1.54) is 5.56 Å². The lowest BCUT2D eigenvalue weighted by Gasteiger charge is -2.34. The highest BCUT2D eigenvalue weighted by molar-refractivity contribution is 5.82. The average molecular weight is 462 g/mol. The number of benzene rings is 1. The molecule has 0 bridgehead atoms. The minimum atomic E-state index is -0.288. The average Bonchev–Trinajstić information content (AvgIpc) is 3.42. The largest absolute Gasteiger partial charge is 0.368 e. The number of likely N-dealkylation sites (tertiary alicyclic amines) is 2. The van der Waals surface area contributed by atoms with E-state index in [1.807, 2.05) is 29.2 Å². The predicted molar refractivity (Wildman–Crippen MR) is 130 cm³/mol. The maximum atomic E-state index is 13.3. The van der Waals surface area contributed by atoms with E-state index in [2.05, 4.69) is 38.3 Å². The van der Waals surface area contributed by atoms with Gasteiger partial charge in [0.2, 0.25) is 17.8 Å². The van der Waals surface area contributed by atoms with Crippen molar-refractivity contribution in [3.63, 3.8) is 0 Å². The van der Waals surface area contributed by atoms with Gasteiger partial charge >= 0.3 is 0 Å². The number of anilines is 1. The minimum Gasteiger partial charge on any atom is -0.368 e. The van der Waals surface area contributed by atoms with Crippen LogP contribution in [0.4, 0.5) is 5.95 Å². The van der Waals surface area contributed by atoms with E-state index < -0.39 is 0 Å². The van der Waals surface area contributed by atoms with Crippen LogP contribution in [0.1, 0.15) is 24.8 Å². The molecule has 3 aliphatic rings. The van der Waals surface area contributed by atoms with Gasteiger partial charge in [0.05, 0.1) is 6.04 Å². The molecule has 1 aromatic carbocycles. The van der Waals surface area contributed by atoms with E-state index in [4.69, 9.17) is 5.73 Å². The molecule has 179 valence electrons. The summed E-state index contributed by atoms with van der Waals surface area (Å²) in [4.78, 5) is 40.7. The molecule has 0 aliphatic carbocycles. The van der Waals surface area contributed by atoms with Crippen LogP contribution in [0.15, 0.2) is 48.8 Å². The summed E-state index contributed by atoms with van der Waals surface area (Å²) in [7, 11) is 0. The standard InChI is InChI=1S/C26H33N6O2/c27-24(33)23-22-18-32(17-21(22)16-31(23)13-4-8-19-6-2-1-3-7-19)25(34)20-9-14-30(15-10-20)26-28-11-5-12-29-26/h1-3,5-8,11-12,20-23H,4,9-10,13-18H2,(H2,27,33)/t21?,22-,23?/m1/s1. The number of primary amides is 1. The second kappa shape index (κ2) is 10.1. The number of rotatable bonds is 7. The number of fused-ring (bicyclic) bond motifs is 1. The van der Waals surface area contributed by atoms with Gasteiger partial charge in [0.1, 0.15) is 0 Å². The molecule has 1 radical (unpaired) electrons. The summed E-state index contributed by atoms with van der Waals surface area (Å²) in [6.45, 7) is 4.58. The summed E-state index contributed by atoms with van der Waals surface area (Å²) in [5.74, 6) is 1.18. The zero-order valence-electron chi connectivity index (χ0n) is 19.5. The van der Waals surface area contributed by atoms with Crippen LogP contribution in [0.2, 0.25) is 0 Å². The minimum absolute atomic E-state index is 0.0300. The van der Waals surface area contributed by atoms with Gasteiger partial charge < -0.3 is 15.5 Å². The van der Waals surface area contributed by atoms with Crippen LogP contribution < -0.4 is 10.6 Å². The lowest BCUT2D eigenvalue weighted by molar-refractivity contribution is -0.136. The molecule has 34 heavy (non-hydrogen) atoms. The molecule has 2 aromatic rings. The second-order valence-electron chi connectivity index (χ2n) is 9.72. The number of carbonyl (C=O) groups is 2. The Kier molecular flexibility index (Phi) is 6.76. The van der Waals surface area contributed by atoms with E-state index >= 15 is 0 Å². The first-order valence-corrected chi connectivity index (χ1v) is 12.3. The van der Waals surface area contributed by atoms with Crippen LogP contribution in [-0.4, -0.2) is 76.9 Å². The van der Waals surface area contributed by atoms with Crippen molar-refractivity contribution >= 4 is 17.8 Å². The third-order valence-corrected chi connectivity index (χ3v) is 7.64. The van der Waals surface area contributed by atoms with Crippen molar-refractivity contribution in [1.29, 1.82) is 0 Å². The van der Waals surface area contributed by atoms with Crippen LogP contribution in [0.3, 0.4) is 0 Å². The molecule has 3 atom stereocenters. The van der Waals surface area contributed by atoms with Crippen LogP contribution >= 0.6 is 0 Å². The Morgan fingerprint density at radius 1 is 1.00 bits per heavy atom. The van der Waals surface area contributed by atoms with Gasteiger partial charge in [0.25, 0.3) is 0 Å². The zero-order chi connectivity index (χ0) is 23.5. The summed E-state index contributed by atoms with van der Waals surface area (Å²) >= 11 is 0. The Morgan fingerprint density at radius 2 is 1.74 bits per heavy atom. The Morgan fingerprint density at radius 3 is 2.44 bits per heavy atom. The number of amides is 2. The number of hydrogen-bond acceptors (Lipinski definition) is 6. The molecule has 3 aliphatic heterocycles. The molecule has 3 saturated heterocycles.